The lowest BCUT2D eigenvalue weighted by Gasteiger charge is -2.05. The quantitative estimate of drug-likeness (QED) is 0.668. The average molecular weight is 243 g/mol. The van der Waals surface area contributed by atoms with Gasteiger partial charge in [0.1, 0.15) is 0 Å². The molecule has 0 bridgehead atoms. The highest BCUT2D eigenvalue weighted by molar-refractivity contribution is 7.89. The van der Waals surface area contributed by atoms with Crippen molar-refractivity contribution in [3.05, 3.63) is 24.3 Å². The topological polar surface area (TPSA) is 115 Å². The molecule has 0 aliphatic heterocycles. The molecule has 6 nitrogen and oxygen atoms in total. The molecule has 0 fully saturated rings. The Labute approximate surface area is 93.7 Å². The van der Waals surface area contributed by atoms with Crippen molar-refractivity contribution in [2.24, 2.45) is 10.9 Å². The van der Waals surface area contributed by atoms with Crippen LogP contribution in [0.3, 0.4) is 0 Å². The number of primary sulfonamides is 1. The molecule has 1 aromatic carbocycles. The van der Waals surface area contributed by atoms with E-state index in [1.165, 1.54) is 18.2 Å². The van der Waals surface area contributed by atoms with Crippen LogP contribution in [0, 0.1) is 0 Å². The Hall–Kier alpha value is -1.44. The first-order chi connectivity index (χ1) is 7.43. The first kappa shape index (κ1) is 12.6. The van der Waals surface area contributed by atoms with Gasteiger partial charge in [-0.15, -0.1) is 0 Å². The standard InChI is InChI=1S/C9H13N3O3S/c10-5-4-9(13)12-7-2-1-3-8(6-7)16(11,14)15/h1-3,6H,4-5,10H2,(H,12,13)(H2,11,14,15). The number of nitrogens with two attached hydrogens (primary N) is 2. The smallest absolute Gasteiger partial charge is 0.238 e. The van der Waals surface area contributed by atoms with Crippen LogP contribution in [0.4, 0.5) is 5.69 Å². The second-order valence-corrected chi connectivity index (χ2v) is 4.72. The molecule has 0 saturated heterocycles. The van der Waals surface area contributed by atoms with E-state index in [1.807, 2.05) is 0 Å². The lowest BCUT2D eigenvalue weighted by atomic mass is 10.3. The predicted molar refractivity (Wildman–Crippen MR) is 60.1 cm³/mol. The van der Waals surface area contributed by atoms with Crippen molar-refractivity contribution in [2.75, 3.05) is 11.9 Å². The molecule has 0 aliphatic rings. The molecule has 1 rings (SSSR count). The molecule has 0 aromatic heterocycles. The maximum Gasteiger partial charge on any atom is 0.238 e. The van der Waals surface area contributed by atoms with Gasteiger partial charge in [-0.05, 0) is 18.2 Å². The van der Waals surface area contributed by atoms with E-state index < -0.39 is 10.0 Å². The zero-order valence-electron chi connectivity index (χ0n) is 8.51. The highest BCUT2D eigenvalue weighted by Gasteiger charge is 2.08. The molecule has 1 amide bonds. The number of rotatable bonds is 4. The lowest BCUT2D eigenvalue weighted by molar-refractivity contribution is -0.116. The van der Waals surface area contributed by atoms with Crippen LogP contribution < -0.4 is 16.2 Å². The van der Waals surface area contributed by atoms with Crippen LogP contribution in [0.1, 0.15) is 6.42 Å². The molecule has 0 unspecified atom stereocenters. The zero-order valence-corrected chi connectivity index (χ0v) is 9.33. The summed E-state index contributed by atoms with van der Waals surface area (Å²) in [5.41, 5.74) is 5.59. The third-order valence-corrected chi connectivity index (χ3v) is 2.73. The van der Waals surface area contributed by atoms with Gasteiger partial charge in [-0.1, -0.05) is 6.07 Å². The van der Waals surface area contributed by atoms with Gasteiger partial charge < -0.3 is 11.1 Å². The largest absolute Gasteiger partial charge is 0.330 e. The zero-order chi connectivity index (χ0) is 12.2. The van der Waals surface area contributed by atoms with E-state index in [-0.39, 0.29) is 23.8 Å². The van der Waals surface area contributed by atoms with Gasteiger partial charge in [0.2, 0.25) is 15.9 Å². The molecule has 0 heterocycles. The van der Waals surface area contributed by atoms with E-state index >= 15 is 0 Å². The molecular weight excluding hydrogens is 230 g/mol. The first-order valence-electron chi connectivity index (χ1n) is 4.56. The van der Waals surface area contributed by atoms with Gasteiger partial charge in [0, 0.05) is 18.7 Å². The summed E-state index contributed by atoms with van der Waals surface area (Å²) in [5.74, 6) is -0.269. The van der Waals surface area contributed by atoms with E-state index in [1.54, 1.807) is 6.07 Å². The first-order valence-corrected chi connectivity index (χ1v) is 6.11. The van der Waals surface area contributed by atoms with Crippen LogP contribution in [-0.2, 0) is 14.8 Å². The number of nitrogens with one attached hydrogen (secondary N) is 1. The summed E-state index contributed by atoms with van der Waals surface area (Å²) in [6.45, 7) is 0.237. The monoisotopic (exact) mass is 243 g/mol. The summed E-state index contributed by atoms with van der Waals surface area (Å²) in [5, 5.41) is 7.47. The molecular formula is C9H13N3O3S. The minimum absolute atomic E-state index is 0.0435. The van der Waals surface area contributed by atoms with Crippen LogP contribution in [-0.4, -0.2) is 20.9 Å². The predicted octanol–water partition coefficient (Wildman–Crippen LogP) is -0.379. The van der Waals surface area contributed by atoms with Crippen LogP contribution in [0.2, 0.25) is 0 Å². The number of hydrogen-bond donors (Lipinski definition) is 3. The minimum Gasteiger partial charge on any atom is -0.330 e. The van der Waals surface area contributed by atoms with Gasteiger partial charge in [0.25, 0.3) is 0 Å². The molecule has 16 heavy (non-hydrogen) atoms. The normalized spacial score (nSPS) is 11.1. The van der Waals surface area contributed by atoms with Crippen LogP contribution in [0.15, 0.2) is 29.2 Å². The molecule has 0 spiro atoms. The molecule has 1 aromatic rings. The third-order valence-electron chi connectivity index (χ3n) is 1.82. The molecule has 0 aliphatic carbocycles. The Balaban J connectivity index is 2.88. The highest BCUT2D eigenvalue weighted by atomic mass is 32.2. The van der Waals surface area contributed by atoms with Crippen molar-refractivity contribution in [2.45, 2.75) is 11.3 Å². The summed E-state index contributed by atoms with van der Waals surface area (Å²) in [4.78, 5) is 11.2. The number of amides is 1. The Kier molecular flexibility index (Phi) is 3.99. The number of carbonyl (C=O) groups is 1. The number of carbonyl (C=O) groups excluding carboxylic acids is 1. The fourth-order valence-electron chi connectivity index (χ4n) is 1.11. The van der Waals surface area contributed by atoms with Gasteiger partial charge in [-0.25, -0.2) is 13.6 Å². The fourth-order valence-corrected chi connectivity index (χ4v) is 1.66. The number of benzene rings is 1. The van der Waals surface area contributed by atoms with Gasteiger partial charge in [0.15, 0.2) is 0 Å². The molecule has 88 valence electrons. The maximum atomic E-state index is 11.2. The van der Waals surface area contributed by atoms with Crippen molar-refractivity contribution in [1.82, 2.24) is 0 Å². The number of sulfonamides is 1. The van der Waals surface area contributed by atoms with Gasteiger partial charge in [-0.3, -0.25) is 4.79 Å². The van der Waals surface area contributed by atoms with E-state index in [0.29, 0.717) is 5.69 Å². The summed E-state index contributed by atoms with van der Waals surface area (Å²) >= 11 is 0. The van der Waals surface area contributed by atoms with Gasteiger partial charge >= 0.3 is 0 Å². The SMILES string of the molecule is NCCC(=O)Nc1cccc(S(N)(=O)=O)c1. The Morgan fingerprint density at radius 1 is 1.38 bits per heavy atom. The van der Waals surface area contributed by atoms with Crippen molar-refractivity contribution >= 4 is 21.6 Å². The highest BCUT2D eigenvalue weighted by Crippen LogP contribution is 2.14. The summed E-state index contributed by atoms with van der Waals surface area (Å²) in [7, 11) is -3.75. The number of hydrogen-bond acceptors (Lipinski definition) is 4. The second-order valence-electron chi connectivity index (χ2n) is 3.16. The van der Waals surface area contributed by atoms with Gasteiger partial charge in [0.05, 0.1) is 4.90 Å². The Morgan fingerprint density at radius 3 is 2.62 bits per heavy atom. The van der Waals surface area contributed by atoms with E-state index in [0.717, 1.165) is 0 Å². The fraction of sp³-hybridized carbons (Fsp3) is 0.222. The van der Waals surface area contributed by atoms with Crippen LogP contribution in [0.5, 0.6) is 0 Å². The Bertz CT molecular complexity index is 485. The van der Waals surface area contributed by atoms with Crippen molar-refractivity contribution in [3.63, 3.8) is 0 Å². The molecule has 7 heteroatoms. The second kappa shape index (κ2) is 5.06. The van der Waals surface area contributed by atoms with Crippen molar-refractivity contribution in [1.29, 1.82) is 0 Å². The molecule has 0 saturated carbocycles. The van der Waals surface area contributed by atoms with Crippen molar-refractivity contribution in [3.8, 4) is 0 Å². The summed E-state index contributed by atoms with van der Waals surface area (Å²) in [6.07, 6.45) is 0.180. The lowest BCUT2D eigenvalue weighted by Crippen LogP contribution is -2.17. The molecule has 0 radical (unpaired) electrons. The minimum atomic E-state index is -3.75. The average Bonchev–Trinajstić information content (AvgIpc) is 2.17. The molecule has 0 atom stereocenters. The van der Waals surface area contributed by atoms with Gasteiger partial charge in [-0.2, -0.15) is 0 Å². The van der Waals surface area contributed by atoms with E-state index in [9.17, 15) is 13.2 Å². The third kappa shape index (κ3) is 3.61. The van der Waals surface area contributed by atoms with E-state index in [4.69, 9.17) is 10.9 Å². The summed E-state index contributed by atoms with van der Waals surface area (Å²) < 4.78 is 22.1. The van der Waals surface area contributed by atoms with Crippen LogP contribution >= 0.6 is 0 Å². The number of anilines is 1. The molecule has 5 N–H and O–H groups in total. The van der Waals surface area contributed by atoms with Crippen molar-refractivity contribution < 1.29 is 13.2 Å². The summed E-state index contributed by atoms with van der Waals surface area (Å²) in [6, 6.07) is 5.72. The van der Waals surface area contributed by atoms with Crippen LogP contribution in [0.25, 0.3) is 0 Å². The Morgan fingerprint density at radius 2 is 2.06 bits per heavy atom. The maximum absolute atomic E-state index is 11.2. The van der Waals surface area contributed by atoms with E-state index in [2.05, 4.69) is 5.32 Å².